The molecule has 0 spiro atoms. The van der Waals surface area contributed by atoms with Gasteiger partial charge in [-0.05, 0) is 22.3 Å². The Kier molecular flexibility index (Phi) is 6.78. The first-order valence-electron chi connectivity index (χ1n) is 10.9. The maximum atomic E-state index is 12.1. The van der Waals surface area contributed by atoms with Crippen molar-refractivity contribution in [2.75, 3.05) is 32.9 Å². The van der Waals surface area contributed by atoms with E-state index in [2.05, 4.69) is 16.0 Å². The second kappa shape index (κ2) is 9.92. The van der Waals surface area contributed by atoms with E-state index < -0.39 is 42.5 Å². The van der Waals surface area contributed by atoms with Gasteiger partial charge in [0.25, 0.3) is 0 Å². The van der Waals surface area contributed by atoms with Gasteiger partial charge in [-0.2, -0.15) is 0 Å². The summed E-state index contributed by atoms with van der Waals surface area (Å²) in [5.41, 5.74) is 2.89. The van der Waals surface area contributed by atoms with Crippen LogP contribution in [0.25, 0.3) is 11.1 Å². The number of carboxylic acids is 1. The number of carbonyl (C=O) groups is 4. The fourth-order valence-electron chi connectivity index (χ4n) is 4.24. The first kappa shape index (κ1) is 23.2. The number of hydrogen-bond acceptors (Lipinski definition) is 6. The minimum absolute atomic E-state index is 0.100. The van der Waals surface area contributed by atoms with Crippen LogP contribution in [0.1, 0.15) is 23.5 Å². The van der Waals surface area contributed by atoms with Crippen LogP contribution in [0, 0.1) is 0 Å². The van der Waals surface area contributed by atoms with Gasteiger partial charge in [-0.1, -0.05) is 48.5 Å². The van der Waals surface area contributed by atoms with Crippen LogP contribution in [-0.4, -0.2) is 67.4 Å². The van der Waals surface area contributed by atoms with Crippen LogP contribution in [0.15, 0.2) is 48.5 Å². The van der Waals surface area contributed by atoms with Gasteiger partial charge in [-0.3, -0.25) is 9.59 Å². The highest BCUT2D eigenvalue weighted by atomic mass is 16.5. The first-order chi connectivity index (χ1) is 16.4. The third-order valence-electron chi connectivity index (χ3n) is 5.99. The molecule has 1 saturated heterocycles. The summed E-state index contributed by atoms with van der Waals surface area (Å²) in [6.07, 6.45) is -0.611. The van der Waals surface area contributed by atoms with E-state index in [4.69, 9.17) is 9.47 Å². The van der Waals surface area contributed by atoms with Gasteiger partial charge < -0.3 is 30.5 Å². The molecule has 4 N–H and O–H groups in total. The Balaban J connectivity index is 1.21. The summed E-state index contributed by atoms with van der Waals surface area (Å²) in [5.74, 6) is -2.57. The molecule has 2 aromatic rings. The van der Waals surface area contributed by atoms with Crippen molar-refractivity contribution in [3.8, 4) is 11.1 Å². The quantitative estimate of drug-likeness (QED) is 0.454. The SMILES string of the molecule is O=C(CNC(=O)OCC1c2ccccc2-c2ccccc21)NCC(=O)NC1(C(=O)O)CCOC1. The second-order valence-corrected chi connectivity index (χ2v) is 8.19. The van der Waals surface area contributed by atoms with E-state index in [-0.39, 0.29) is 32.2 Å². The second-order valence-electron chi connectivity index (χ2n) is 8.19. The number of nitrogens with one attached hydrogen (secondary N) is 3. The molecule has 1 aliphatic carbocycles. The van der Waals surface area contributed by atoms with Gasteiger partial charge in [-0.15, -0.1) is 0 Å². The molecular weight excluding hydrogens is 442 g/mol. The third kappa shape index (κ3) is 4.86. The monoisotopic (exact) mass is 467 g/mol. The van der Waals surface area contributed by atoms with E-state index in [1.54, 1.807) is 0 Å². The average molecular weight is 467 g/mol. The summed E-state index contributed by atoms with van der Waals surface area (Å²) < 4.78 is 10.4. The molecule has 0 saturated carbocycles. The van der Waals surface area contributed by atoms with E-state index >= 15 is 0 Å². The van der Waals surface area contributed by atoms with Crippen LogP contribution in [0.5, 0.6) is 0 Å². The van der Waals surface area contributed by atoms with Gasteiger partial charge in [0.05, 0.1) is 13.2 Å². The number of rotatable bonds is 8. The Hall–Kier alpha value is -3.92. The molecule has 0 aromatic heterocycles. The van der Waals surface area contributed by atoms with Gasteiger partial charge in [0.1, 0.15) is 13.2 Å². The van der Waals surface area contributed by atoms with Gasteiger partial charge in [0.15, 0.2) is 5.54 Å². The van der Waals surface area contributed by atoms with Crippen LogP contribution < -0.4 is 16.0 Å². The Bertz CT molecular complexity index is 1070. The number of alkyl carbamates (subject to hydrolysis) is 1. The number of amides is 3. The molecule has 0 radical (unpaired) electrons. The highest BCUT2D eigenvalue weighted by molar-refractivity contribution is 5.91. The largest absolute Gasteiger partial charge is 0.479 e. The summed E-state index contributed by atoms with van der Waals surface area (Å²) in [5, 5.41) is 16.4. The molecule has 2 aromatic carbocycles. The summed E-state index contributed by atoms with van der Waals surface area (Å²) >= 11 is 0. The third-order valence-corrected chi connectivity index (χ3v) is 5.99. The number of ether oxygens (including phenoxy) is 2. The van der Waals surface area contributed by atoms with Crippen LogP contribution in [0.2, 0.25) is 0 Å². The normalized spacial score (nSPS) is 18.5. The molecule has 0 bridgehead atoms. The molecule has 4 rings (SSSR count). The number of benzene rings is 2. The van der Waals surface area contributed by atoms with Crippen molar-refractivity contribution < 1.29 is 33.8 Å². The van der Waals surface area contributed by atoms with Crippen molar-refractivity contribution in [2.45, 2.75) is 17.9 Å². The lowest BCUT2D eigenvalue weighted by Crippen LogP contribution is -2.57. The van der Waals surface area contributed by atoms with Gasteiger partial charge in [0, 0.05) is 18.9 Å². The molecule has 1 aliphatic heterocycles. The molecule has 3 amide bonds. The van der Waals surface area contributed by atoms with Crippen molar-refractivity contribution in [3.63, 3.8) is 0 Å². The zero-order valence-electron chi connectivity index (χ0n) is 18.3. The van der Waals surface area contributed by atoms with Crippen LogP contribution in [-0.2, 0) is 23.9 Å². The standard InChI is InChI=1S/C24H25N3O7/c28-20(25-12-21(29)27-24(22(30)31)9-10-33-14-24)11-26-23(32)34-13-19-17-7-3-1-5-15(17)16-6-2-4-8-18(16)19/h1-8,19H,9-14H2,(H,25,28)(H,26,32)(H,27,29)(H,30,31). The Morgan fingerprint density at radius 1 is 0.941 bits per heavy atom. The molecule has 34 heavy (non-hydrogen) atoms. The fourth-order valence-corrected chi connectivity index (χ4v) is 4.24. The number of hydrogen-bond donors (Lipinski definition) is 4. The number of carboxylic acid groups (broad SMARTS) is 1. The maximum Gasteiger partial charge on any atom is 0.407 e. The molecule has 178 valence electrons. The summed E-state index contributed by atoms with van der Waals surface area (Å²) in [6.45, 7) is -0.616. The smallest absolute Gasteiger partial charge is 0.407 e. The Morgan fingerprint density at radius 3 is 2.15 bits per heavy atom. The fraction of sp³-hybridized carbons (Fsp3) is 0.333. The topological polar surface area (TPSA) is 143 Å². The van der Waals surface area contributed by atoms with E-state index in [1.807, 2.05) is 48.5 Å². The number of fused-ring (bicyclic) bond motifs is 3. The predicted molar refractivity (Wildman–Crippen MR) is 120 cm³/mol. The van der Waals surface area contributed by atoms with Gasteiger partial charge >= 0.3 is 12.1 Å². The lowest BCUT2D eigenvalue weighted by Gasteiger charge is -2.23. The molecule has 1 atom stereocenters. The van der Waals surface area contributed by atoms with Crippen molar-refractivity contribution in [1.29, 1.82) is 0 Å². The van der Waals surface area contributed by atoms with E-state index in [0.29, 0.717) is 0 Å². The van der Waals surface area contributed by atoms with Crippen LogP contribution in [0.3, 0.4) is 0 Å². The molecule has 10 heteroatoms. The maximum absolute atomic E-state index is 12.1. The number of carbonyl (C=O) groups excluding carboxylic acids is 3. The summed E-state index contributed by atoms with van der Waals surface area (Å²) in [7, 11) is 0. The average Bonchev–Trinajstić information content (AvgIpc) is 3.44. The zero-order chi connectivity index (χ0) is 24.1. The summed E-state index contributed by atoms with van der Waals surface area (Å²) in [4.78, 5) is 47.6. The first-order valence-corrected chi connectivity index (χ1v) is 10.9. The molecule has 10 nitrogen and oxygen atoms in total. The highest BCUT2D eigenvalue weighted by Crippen LogP contribution is 2.44. The van der Waals surface area contributed by atoms with Crippen molar-refractivity contribution >= 4 is 23.9 Å². The molecule has 1 fully saturated rings. The van der Waals surface area contributed by atoms with Gasteiger partial charge in [-0.25, -0.2) is 9.59 Å². The molecule has 1 unspecified atom stereocenters. The van der Waals surface area contributed by atoms with Crippen LogP contribution in [0.4, 0.5) is 4.79 Å². The number of aliphatic carboxylic acids is 1. The lowest BCUT2D eigenvalue weighted by atomic mass is 9.98. The minimum atomic E-state index is -1.48. The van der Waals surface area contributed by atoms with Crippen LogP contribution >= 0.6 is 0 Å². The van der Waals surface area contributed by atoms with Crippen molar-refractivity contribution in [3.05, 3.63) is 59.7 Å². The van der Waals surface area contributed by atoms with E-state index in [0.717, 1.165) is 22.3 Å². The summed E-state index contributed by atoms with van der Waals surface area (Å²) in [6, 6.07) is 15.9. The zero-order valence-corrected chi connectivity index (χ0v) is 18.3. The molecule has 2 aliphatic rings. The van der Waals surface area contributed by atoms with E-state index in [1.165, 1.54) is 0 Å². The molecular formula is C24H25N3O7. The lowest BCUT2D eigenvalue weighted by molar-refractivity contribution is -0.147. The van der Waals surface area contributed by atoms with Crippen molar-refractivity contribution in [1.82, 2.24) is 16.0 Å². The van der Waals surface area contributed by atoms with E-state index in [9.17, 15) is 24.3 Å². The minimum Gasteiger partial charge on any atom is -0.479 e. The van der Waals surface area contributed by atoms with Gasteiger partial charge in [0.2, 0.25) is 11.8 Å². The van der Waals surface area contributed by atoms with Crippen molar-refractivity contribution in [2.24, 2.45) is 0 Å². The molecule has 1 heterocycles. The Morgan fingerprint density at radius 2 is 1.56 bits per heavy atom. The Labute approximate surface area is 195 Å². The highest BCUT2D eigenvalue weighted by Gasteiger charge is 2.43. The predicted octanol–water partition coefficient (Wildman–Crippen LogP) is 1.00.